The van der Waals surface area contributed by atoms with Gasteiger partial charge in [-0.15, -0.1) is 0 Å². The molecule has 0 radical (unpaired) electrons. The van der Waals surface area contributed by atoms with Crippen molar-refractivity contribution < 1.29 is 33.2 Å². The number of imide groups is 1. The molecule has 1 aliphatic rings. The highest BCUT2D eigenvalue weighted by atomic mass is 79.9. The van der Waals surface area contributed by atoms with Gasteiger partial charge in [0.2, 0.25) is 5.91 Å². The van der Waals surface area contributed by atoms with Crippen molar-refractivity contribution in [3.63, 3.8) is 0 Å². The summed E-state index contributed by atoms with van der Waals surface area (Å²) in [4.78, 5) is 48.9. The number of hydrogen-bond donors (Lipinski definition) is 1. The van der Waals surface area contributed by atoms with Crippen LogP contribution in [-0.4, -0.2) is 40.5 Å². The Balaban J connectivity index is 1.46. The molecular weight excluding hydrogens is 597 g/mol. The Kier molecular flexibility index (Phi) is 8.62. The molecule has 1 heterocycles. The average Bonchev–Trinajstić information content (AvgIpc) is 3.17. The summed E-state index contributed by atoms with van der Waals surface area (Å²) >= 11 is 4.10. The Morgan fingerprint density at radius 2 is 1.87 bits per heavy atom. The van der Waals surface area contributed by atoms with Crippen molar-refractivity contribution >= 4 is 62.2 Å². The molecule has 1 aliphatic heterocycles. The van der Waals surface area contributed by atoms with Crippen LogP contribution in [0.25, 0.3) is 6.08 Å². The van der Waals surface area contributed by atoms with Crippen LogP contribution in [-0.2, 0) is 16.2 Å². The number of methoxy groups -OCH3 is 1. The predicted molar refractivity (Wildman–Crippen MR) is 146 cm³/mol. The maximum absolute atomic E-state index is 13.8. The first kappa shape index (κ1) is 27.8. The van der Waals surface area contributed by atoms with Crippen molar-refractivity contribution in [1.29, 1.82) is 0 Å². The molecule has 39 heavy (non-hydrogen) atoms. The van der Waals surface area contributed by atoms with Crippen LogP contribution in [0.15, 0.2) is 70.0 Å². The molecule has 3 aromatic rings. The Bertz CT molecular complexity index is 1500. The predicted octanol–water partition coefficient (Wildman–Crippen LogP) is 5.76. The van der Waals surface area contributed by atoms with E-state index in [-0.39, 0.29) is 22.9 Å². The normalized spacial score (nSPS) is 14.0. The molecule has 3 aromatic carbocycles. The van der Waals surface area contributed by atoms with Gasteiger partial charge in [-0.25, -0.2) is 4.39 Å². The van der Waals surface area contributed by atoms with Crippen molar-refractivity contribution in [3.8, 4) is 11.5 Å². The number of benzene rings is 3. The number of thioether (sulfide) groups is 1. The first-order valence-electron chi connectivity index (χ1n) is 11.2. The van der Waals surface area contributed by atoms with E-state index < -0.39 is 34.3 Å². The lowest BCUT2D eigenvalue weighted by Crippen LogP contribution is -2.36. The van der Waals surface area contributed by atoms with Crippen molar-refractivity contribution in [1.82, 2.24) is 4.90 Å². The van der Waals surface area contributed by atoms with Crippen molar-refractivity contribution in [3.05, 3.63) is 97.1 Å². The SMILES string of the molecule is COc1cc(/C=C2\SC(=O)N(CC(=O)Nc3ccccc3F)C2=O)c(Br)cc1OCc1ccc([N+](=O)[O-])cc1. The average molecular weight is 616 g/mol. The standard InChI is InChI=1S/C26H19BrFN3O7S/c1-37-21-10-16(18(27)12-22(21)38-14-15-6-8-17(9-7-15)31(35)36)11-23-25(33)30(26(34)39-23)13-24(32)29-20-5-3-2-4-19(20)28/h2-12H,13-14H2,1H3,(H,29,32)/b23-11-. The van der Waals surface area contributed by atoms with Crippen LogP contribution in [0.5, 0.6) is 11.5 Å². The number of rotatable bonds is 9. The second kappa shape index (κ2) is 12.1. The lowest BCUT2D eigenvalue weighted by Gasteiger charge is -2.13. The van der Waals surface area contributed by atoms with E-state index in [1.165, 1.54) is 43.5 Å². The molecule has 1 saturated heterocycles. The number of nitrogens with zero attached hydrogens (tertiary/aromatic N) is 2. The maximum atomic E-state index is 13.8. The third kappa shape index (κ3) is 6.62. The highest BCUT2D eigenvalue weighted by Gasteiger charge is 2.36. The van der Waals surface area contributed by atoms with Gasteiger partial charge >= 0.3 is 0 Å². The van der Waals surface area contributed by atoms with Crippen LogP contribution in [0.1, 0.15) is 11.1 Å². The molecule has 10 nitrogen and oxygen atoms in total. The highest BCUT2D eigenvalue weighted by molar-refractivity contribution is 9.10. The molecule has 13 heteroatoms. The van der Waals surface area contributed by atoms with Gasteiger partial charge in [0, 0.05) is 16.6 Å². The number of ether oxygens (including phenoxy) is 2. The van der Waals surface area contributed by atoms with Gasteiger partial charge in [0.1, 0.15) is 19.0 Å². The largest absolute Gasteiger partial charge is 0.493 e. The van der Waals surface area contributed by atoms with E-state index in [9.17, 15) is 28.9 Å². The maximum Gasteiger partial charge on any atom is 0.294 e. The summed E-state index contributed by atoms with van der Waals surface area (Å²) in [6.07, 6.45) is 1.48. The van der Waals surface area contributed by atoms with E-state index in [0.29, 0.717) is 38.9 Å². The van der Waals surface area contributed by atoms with Gasteiger partial charge in [-0.1, -0.05) is 28.1 Å². The van der Waals surface area contributed by atoms with Gasteiger partial charge in [0.15, 0.2) is 11.5 Å². The lowest BCUT2D eigenvalue weighted by atomic mass is 10.1. The summed E-state index contributed by atoms with van der Waals surface area (Å²) in [5.41, 5.74) is 1.13. The third-order valence-electron chi connectivity index (χ3n) is 5.43. The lowest BCUT2D eigenvalue weighted by molar-refractivity contribution is -0.384. The Morgan fingerprint density at radius 1 is 1.15 bits per heavy atom. The molecular formula is C26H19BrFN3O7S. The van der Waals surface area contributed by atoms with Crippen LogP contribution >= 0.6 is 27.7 Å². The van der Waals surface area contributed by atoms with E-state index in [0.717, 1.165) is 4.90 Å². The zero-order valence-electron chi connectivity index (χ0n) is 20.2. The van der Waals surface area contributed by atoms with E-state index in [1.54, 1.807) is 30.3 Å². The molecule has 0 aliphatic carbocycles. The summed E-state index contributed by atoms with van der Waals surface area (Å²) < 4.78 is 25.6. The minimum absolute atomic E-state index is 0.0291. The van der Waals surface area contributed by atoms with Gasteiger partial charge < -0.3 is 14.8 Å². The molecule has 200 valence electrons. The Labute approximate surface area is 234 Å². The first-order chi connectivity index (χ1) is 18.7. The number of amides is 3. The van der Waals surface area contributed by atoms with Gasteiger partial charge in [-0.05, 0) is 65.4 Å². The van der Waals surface area contributed by atoms with E-state index >= 15 is 0 Å². The zero-order valence-corrected chi connectivity index (χ0v) is 22.6. The monoisotopic (exact) mass is 615 g/mol. The minimum atomic E-state index is -0.721. The van der Waals surface area contributed by atoms with Crippen molar-refractivity contribution in [2.45, 2.75) is 6.61 Å². The second-order valence-corrected chi connectivity index (χ2v) is 9.88. The Hall–Kier alpha value is -4.23. The summed E-state index contributed by atoms with van der Waals surface area (Å²) in [7, 11) is 1.44. The summed E-state index contributed by atoms with van der Waals surface area (Å²) in [5.74, 6) is -1.31. The number of hydrogen-bond acceptors (Lipinski definition) is 8. The number of halogens is 2. The molecule has 0 atom stereocenters. The summed E-state index contributed by atoms with van der Waals surface area (Å²) in [6, 6.07) is 14.7. The first-order valence-corrected chi connectivity index (χ1v) is 12.8. The number of carbonyl (C=O) groups is 3. The molecule has 0 spiro atoms. The van der Waals surface area contributed by atoms with Crippen LogP contribution in [0.2, 0.25) is 0 Å². The third-order valence-corrected chi connectivity index (χ3v) is 7.03. The van der Waals surface area contributed by atoms with Crippen molar-refractivity contribution in [2.24, 2.45) is 0 Å². The van der Waals surface area contributed by atoms with Crippen LogP contribution in [0.3, 0.4) is 0 Å². The fourth-order valence-electron chi connectivity index (χ4n) is 3.48. The number of nitro benzene ring substituents is 1. The van der Waals surface area contributed by atoms with Crippen LogP contribution < -0.4 is 14.8 Å². The molecule has 3 amide bonds. The minimum Gasteiger partial charge on any atom is -0.493 e. The topological polar surface area (TPSA) is 128 Å². The van der Waals surface area contributed by atoms with Crippen LogP contribution in [0.4, 0.5) is 20.6 Å². The second-order valence-electron chi connectivity index (χ2n) is 8.03. The van der Waals surface area contributed by atoms with E-state index in [2.05, 4.69) is 21.2 Å². The summed E-state index contributed by atoms with van der Waals surface area (Å²) in [6.45, 7) is -0.454. The smallest absolute Gasteiger partial charge is 0.294 e. The number of non-ortho nitro benzene ring substituents is 1. The molecule has 0 unspecified atom stereocenters. The van der Waals surface area contributed by atoms with Gasteiger partial charge in [-0.3, -0.25) is 29.4 Å². The van der Waals surface area contributed by atoms with Gasteiger partial charge in [-0.2, -0.15) is 0 Å². The Morgan fingerprint density at radius 3 is 2.54 bits per heavy atom. The molecule has 1 fully saturated rings. The number of anilines is 1. The fraction of sp³-hybridized carbons (Fsp3) is 0.115. The number of nitrogens with one attached hydrogen (secondary N) is 1. The van der Waals surface area contributed by atoms with Crippen molar-refractivity contribution in [2.75, 3.05) is 19.0 Å². The van der Waals surface area contributed by atoms with Gasteiger partial charge in [0.25, 0.3) is 16.8 Å². The number of para-hydroxylation sites is 1. The molecule has 0 aromatic heterocycles. The van der Waals surface area contributed by atoms with Gasteiger partial charge in [0.05, 0.1) is 22.6 Å². The number of carbonyl (C=O) groups excluding carboxylic acids is 3. The van der Waals surface area contributed by atoms with E-state index in [4.69, 9.17) is 9.47 Å². The molecule has 0 bridgehead atoms. The molecule has 0 saturated carbocycles. The zero-order chi connectivity index (χ0) is 28.1. The summed E-state index contributed by atoms with van der Waals surface area (Å²) in [5, 5.41) is 12.5. The fourth-order valence-corrected chi connectivity index (χ4v) is 4.75. The molecule has 1 N–H and O–H groups in total. The number of nitro groups is 1. The molecule has 4 rings (SSSR count). The van der Waals surface area contributed by atoms with E-state index in [1.807, 2.05) is 0 Å². The quantitative estimate of drug-likeness (QED) is 0.183. The highest BCUT2D eigenvalue weighted by Crippen LogP contribution is 2.38. The van der Waals surface area contributed by atoms with Crippen LogP contribution in [0, 0.1) is 15.9 Å².